The Hall–Kier alpha value is -2.95. The third kappa shape index (κ3) is 4.24. The molecular weight excluding hydrogens is 407 g/mol. The molecule has 11 heteroatoms. The first kappa shape index (κ1) is 19.4. The number of aromatic nitrogens is 3. The van der Waals surface area contributed by atoms with E-state index < -0.39 is 18.7 Å². The number of halogens is 3. The summed E-state index contributed by atoms with van der Waals surface area (Å²) < 4.78 is 42.1. The molecule has 1 saturated heterocycles. The summed E-state index contributed by atoms with van der Waals surface area (Å²) in [5.41, 5.74) is 0.0208. The van der Waals surface area contributed by atoms with E-state index in [1.807, 2.05) is 11.4 Å². The lowest BCUT2D eigenvalue weighted by atomic mass is 10.2. The van der Waals surface area contributed by atoms with Crippen LogP contribution < -0.4 is 9.64 Å². The maximum atomic E-state index is 12.8. The fourth-order valence-electron chi connectivity index (χ4n) is 3.14. The molecule has 0 bridgehead atoms. The number of ether oxygens (including phenoxy) is 1. The van der Waals surface area contributed by atoms with Gasteiger partial charge in [0.05, 0.1) is 5.39 Å². The molecule has 29 heavy (non-hydrogen) atoms. The van der Waals surface area contributed by atoms with E-state index in [1.54, 1.807) is 4.90 Å². The van der Waals surface area contributed by atoms with Crippen LogP contribution in [0.5, 0.6) is 5.88 Å². The molecule has 0 N–H and O–H groups in total. The zero-order valence-electron chi connectivity index (χ0n) is 15.1. The summed E-state index contributed by atoms with van der Waals surface area (Å²) >= 11 is 1.53. The van der Waals surface area contributed by atoms with E-state index >= 15 is 0 Å². The Morgan fingerprint density at radius 3 is 2.69 bits per heavy atom. The van der Waals surface area contributed by atoms with Gasteiger partial charge in [0.15, 0.2) is 6.61 Å². The van der Waals surface area contributed by atoms with Crippen LogP contribution in [-0.4, -0.2) is 64.7 Å². The summed E-state index contributed by atoms with van der Waals surface area (Å²) in [6.45, 7) is 0.409. The zero-order valence-corrected chi connectivity index (χ0v) is 15.9. The summed E-state index contributed by atoms with van der Waals surface area (Å²) in [6, 6.07) is 4.89. The molecule has 7 nitrogen and oxygen atoms in total. The second-order valence-electron chi connectivity index (χ2n) is 6.38. The van der Waals surface area contributed by atoms with Crippen molar-refractivity contribution in [2.24, 2.45) is 0 Å². The number of hydrogen-bond donors (Lipinski definition) is 0. The number of fused-ring (bicyclic) bond motifs is 1. The van der Waals surface area contributed by atoms with E-state index in [4.69, 9.17) is 4.74 Å². The van der Waals surface area contributed by atoms with Gasteiger partial charge in [-0.15, -0.1) is 11.3 Å². The van der Waals surface area contributed by atoms with Crippen LogP contribution in [0, 0.1) is 0 Å². The number of carbonyl (C=O) groups excluding carboxylic acids is 1. The van der Waals surface area contributed by atoms with Crippen LogP contribution >= 0.6 is 11.3 Å². The van der Waals surface area contributed by atoms with Crippen LogP contribution in [0.3, 0.4) is 0 Å². The van der Waals surface area contributed by atoms with Gasteiger partial charge < -0.3 is 14.5 Å². The highest BCUT2D eigenvalue weighted by molar-refractivity contribution is 7.16. The smallest absolute Gasteiger partial charge is 0.422 e. The van der Waals surface area contributed by atoms with Crippen molar-refractivity contribution >= 4 is 33.3 Å². The standard InChI is InChI=1S/C18H16F3N5O2S/c19-18(20,21)10-28-15-13(2-1-4-22-15)17(27)26-7-5-25(6-8-26)14-12-3-9-29-16(12)24-11-23-14/h1-4,9,11H,5-8,10H2. The topological polar surface area (TPSA) is 71.5 Å². The van der Waals surface area contributed by atoms with Gasteiger partial charge in [-0.1, -0.05) is 0 Å². The first-order valence-corrected chi connectivity index (χ1v) is 9.67. The number of thiophene rings is 1. The highest BCUT2D eigenvalue weighted by Crippen LogP contribution is 2.28. The molecule has 0 spiro atoms. The van der Waals surface area contributed by atoms with Gasteiger partial charge in [-0.3, -0.25) is 4.79 Å². The van der Waals surface area contributed by atoms with Crippen molar-refractivity contribution in [1.29, 1.82) is 0 Å². The molecule has 1 fully saturated rings. The molecule has 4 rings (SSSR count). The number of rotatable bonds is 4. The number of hydrogen-bond acceptors (Lipinski definition) is 7. The lowest BCUT2D eigenvalue weighted by Crippen LogP contribution is -2.49. The van der Waals surface area contributed by atoms with Crippen molar-refractivity contribution in [1.82, 2.24) is 19.9 Å². The van der Waals surface area contributed by atoms with Crippen LogP contribution in [0.25, 0.3) is 10.2 Å². The van der Waals surface area contributed by atoms with Crippen LogP contribution in [0.15, 0.2) is 36.1 Å². The number of pyridine rings is 1. The van der Waals surface area contributed by atoms with E-state index in [9.17, 15) is 18.0 Å². The van der Waals surface area contributed by atoms with E-state index in [1.165, 1.54) is 36.0 Å². The number of nitrogens with zero attached hydrogens (tertiary/aromatic N) is 5. The van der Waals surface area contributed by atoms with Crippen LogP contribution in [0.2, 0.25) is 0 Å². The summed E-state index contributed by atoms with van der Waals surface area (Å²) in [6.07, 6.45) is -1.69. The Morgan fingerprint density at radius 2 is 1.93 bits per heavy atom. The van der Waals surface area contributed by atoms with Crippen LogP contribution in [0.1, 0.15) is 10.4 Å². The largest absolute Gasteiger partial charge is 0.467 e. The predicted octanol–water partition coefficient (Wildman–Crippen LogP) is 2.99. The lowest BCUT2D eigenvalue weighted by Gasteiger charge is -2.35. The summed E-state index contributed by atoms with van der Waals surface area (Å²) in [7, 11) is 0. The zero-order chi connectivity index (χ0) is 20.4. The van der Waals surface area contributed by atoms with Crippen molar-refractivity contribution in [2.45, 2.75) is 6.18 Å². The average molecular weight is 423 g/mol. The van der Waals surface area contributed by atoms with Gasteiger partial charge in [-0.05, 0) is 23.6 Å². The van der Waals surface area contributed by atoms with Gasteiger partial charge in [0.1, 0.15) is 22.5 Å². The van der Waals surface area contributed by atoms with E-state index in [-0.39, 0.29) is 11.4 Å². The second-order valence-corrected chi connectivity index (χ2v) is 7.27. The first-order valence-electron chi connectivity index (χ1n) is 8.79. The third-order valence-electron chi connectivity index (χ3n) is 4.48. The SMILES string of the molecule is O=C(c1cccnc1OCC(F)(F)F)N1CCN(c2ncnc3sccc23)CC1. The quantitative estimate of drug-likeness (QED) is 0.643. The van der Waals surface area contributed by atoms with Crippen LogP contribution in [0.4, 0.5) is 19.0 Å². The van der Waals surface area contributed by atoms with E-state index in [0.717, 1.165) is 16.0 Å². The highest BCUT2D eigenvalue weighted by Gasteiger charge is 2.31. The maximum absolute atomic E-state index is 12.8. The maximum Gasteiger partial charge on any atom is 0.422 e. The molecular formula is C18H16F3N5O2S. The molecule has 1 aliphatic heterocycles. The van der Waals surface area contributed by atoms with Crippen LogP contribution in [-0.2, 0) is 0 Å². The molecule has 0 aliphatic carbocycles. The number of amides is 1. The summed E-state index contributed by atoms with van der Waals surface area (Å²) in [4.78, 5) is 29.8. The molecule has 0 saturated carbocycles. The Kier molecular flexibility index (Phi) is 5.22. The highest BCUT2D eigenvalue weighted by atomic mass is 32.1. The minimum atomic E-state index is -4.51. The van der Waals surface area contributed by atoms with Gasteiger partial charge in [-0.25, -0.2) is 15.0 Å². The normalized spacial score (nSPS) is 15.0. The minimum absolute atomic E-state index is 0.0208. The Labute approximate surface area is 167 Å². The molecule has 152 valence electrons. The number of anilines is 1. The third-order valence-corrected chi connectivity index (χ3v) is 5.30. The van der Waals surface area contributed by atoms with E-state index in [2.05, 4.69) is 19.9 Å². The molecule has 3 aromatic rings. The van der Waals surface area contributed by atoms with Crippen molar-refractivity contribution in [3.8, 4) is 5.88 Å². The predicted molar refractivity (Wildman–Crippen MR) is 101 cm³/mol. The van der Waals surface area contributed by atoms with Crippen molar-refractivity contribution < 1.29 is 22.7 Å². The molecule has 4 heterocycles. The molecule has 0 atom stereocenters. The van der Waals surface area contributed by atoms with Gasteiger partial charge >= 0.3 is 6.18 Å². The van der Waals surface area contributed by atoms with Gasteiger partial charge in [0.2, 0.25) is 5.88 Å². The van der Waals surface area contributed by atoms with Gasteiger partial charge in [0, 0.05) is 32.4 Å². The van der Waals surface area contributed by atoms with Gasteiger partial charge in [0.25, 0.3) is 5.91 Å². The Balaban J connectivity index is 1.45. The Morgan fingerprint density at radius 1 is 1.14 bits per heavy atom. The molecule has 0 aromatic carbocycles. The second kappa shape index (κ2) is 7.82. The number of piperazine rings is 1. The van der Waals surface area contributed by atoms with Crippen molar-refractivity contribution in [3.05, 3.63) is 41.7 Å². The van der Waals surface area contributed by atoms with Crippen molar-refractivity contribution in [2.75, 3.05) is 37.7 Å². The average Bonchev–Trinajstić information content (AvgIpc) is 3.20. The molecule has 3 aromatic heterocycles. The molecule has 0 radical (unpaired) electrons. The summed E-state index contributed by atoms with van der Waals surface area (Å²) in [5.74, 6) is 0.102. The first-order chi connectivity index (χ1) is 13.9. The molecule has 0 unspecified atom stereocenters. The lowest BCUT2D eigenvalue weighted by molar-refractivity contribution is -0.154. The van der Waals surface area contributed by atoms with Gasteiger partial charge in [-0.2, -0.15) is 13.2 Å². The fourth-order valence-corrected chi connectivity index (χ4v) is 3.87. The number of alkyl halides is 3. The molecule has 1 amide bonds. The minimum Gasteiger partial charge on any atom is -0.467 e. The molecule has 1 aliphatic rings. The van der Waals surface area contributed by atoms with E-state index in [0.29, 0.717) is 26.2 Å². The fraction of sp³-hybridized carbons (Fsp3) is 0.333. The van der Waals surface area contributed by atoms with Crippen molar-refractivity contribution in [3.63, 3.8) is 0 Å². The summed E-state index contributed by atoms with van der Waals surface area (Å²) in [5, 5.41) is 2.92. The number of carbonyl (C=O) groups is 1. The Bertz CT molecular complexity index is 1020. The monoisotopic (exact) mass is 423 g/mol.